The molecule has 34 heavy (non-hydrogen) atoms. The molecule has 0 radical (unpaired) electrons. The van der Waals surface area contributed by atoms with Gasteiger partial charge in [-0.05, 0) is 24.5 Å². The Balaban J connectivity index is 1.54. The van der Waals surface area contributed by atoms with Crippen LogP contribution < -0.4 is 5.32 Å². The zero-order valence-corrected chi connectivity index (χ0v) is 19.5. The van der Waals surface area contributed by atoms with E-state index in [1.165, 1.54) is 0 Å². The number of para-hydroxylation sites is 1. The summed E-state index contributed by atoms with van der Waals surface area (Å²) in [5.41, 5.74) is 1.94. The van der Waals surface area contributed by atoms with Crippen LogP contribution in [0.15, 0.2) is 54.6 Å². The Bertz CT molecular complexity index is 1270. The van der Waals surface area contributed by atoms with Crippen molar-refractivity contribution in [3.05, 3.63) is 60.2 Å². The number of aryl methyl sites for hydroxylation is 1. The highest BCUT2D eigenvalue weighted by molar-refractivity contribution is 6.14. The van der Waals surface area contributed by atoms with Crippen LogP contribution in [0.25, 0.3) is 22.2 Å². The van der Waals surface area contributed by atoms with Crippen LogP contribution in [0.5, 0.6) is 0 Å². The normalized spacial score (nSPS) is 15.0. The van der Waals surface area contributed by atoms with Gasteiger partial charge in [0.2, 0.25) is 5.78 Å². The van der Waals surface area contributed by atoms with Crippen LogP contribution in [0.4, 0.5) is 4.79 Å². The van der Waals surface area contributed by atoms with Gasteiger partial charge in [-0.15, -0.1) is 0 Å². The number of fused-ring (bicyclic) bond motifs is 1. The third-order valence-electron chi connectivity index (χ3n) is 6.54. The Morgan fingerprint density at radius 3 is 2.26 bits per heavy atom. The Hall–Kier alpha value is -3.94. The Morgan fingerprint density at radius 1 is 0.971 bits per heavy atom. The molecule has 8 heteroatoms. The van der Waals surface area contributed by atoms with Gasteiger partial charge in [0.05, 0.1) is 11.3 Å². The minimum absolute atomic E-state index is 0.363. The van der Waals surface area contributed by atoms with Crippen molar-refractivity contribution in [3.8, 4) is 11.3 Å². The standard InChI is InChI=1S/C26H27N3O5/c1-4-26(5-2)24(32)29(25(33)27-26)15-21(31)34-16-20(30)22-18-13-9-10-14-19(18)28(3)23(22)17-11-7-6-8-12-17/h6-14H,4-5,15-16H2,1-3H3,(H,27,33). The van der Waals surface area contributed by atoms with Crippen molar-refractivity contribution in [2.24, 2.45) is 7.05 Å². The molecule has 2 heterocycles. The van der Waals surface area contributed by atoms with Gasteiger partial charge in [0.1, 0.15) is 12.1 Å². The van der Waals surface area contributed by atoms with E-state index in [9.17, 15) is 19.2 Å². The number of imide groups is 1. The molecule has 1 aliphatic heterocycles. The molecule has 1 N–H and O–H groups in total. The maximum atomic E-state index is 13.3. The van der Waals surface area contributed by atoms with Gasteiger partial charge in [-0.3, -0.25) is 19.3 Å². The number of hydrogen-bond acceptors (Lipinski definition) is 5. The van der Waals surface area contributed by atoms with Crippen LogP contribution in [0.2, 0.25) is 0 Å². The minimum Gasteiger partial charge on any atom is -0.456 e. The SMILES string of the molecule is CCC1(CC)NC(=O)N(CC(=O)OCC(=O)c2c(-c3ccccc3)n(C)c3ccccc23)C1=O. The maximum absolute atomic E-state index is 13.3. The molecule has 1 aliphatic rings. The summed E-state index contributed by atoms with van der Waals surface area (Å²) < 4.78 is 7.18. The summed E-state index contributed by atoms with van der Waals surface area (Å²) in [7, 11) is 1.89. The van der Waals surface area contributed by atoms with E-state index in [0.717, 1.165) is 27.1 Å². The van der Waals surface area contributed by atoms with Gasteiger partial charge in [0.15, 0.2) is 6.61 Å². The number of ketones is 1. The third kappa shape index (κ3) is 3.85. The molecule has 2 aromatic carbocycles. The van der Waals surface area contributed by atoms with Crippen LogP contribution >= 0.6 is 0 Å². The number of carbonyl (C=O) groups excluding carboxylic acids is 4. The second-order valence-corrected chi connectivity index (χ2v) is 8.36. The predicted molar refractivity (Wildman–Crippen MR) is 127 cm³/mol. The predicted octanol–water partition coefficient (Wildman–Crippen LogP) is 3.68. The Kier molecular flexibility index (Phi) is 6.24. The van der Waals surface area contributed by atoms with E-state index in [1.807, 2.05) is 66.2 Å². The number of hydrogen-bond donors (Lipinski definition) is 1. The fourth-order valence-electron chi connectivity index (χ4n) is 4.55. The van der Waals surface area contributed by atoms with Gasteiger partial charge in [-0.25, -0.2) is 4.79 Å². The fourth-order valence-corrected chi connectivity index (χ4v) is 4.55. The number of benzene rings is 2. The highest BCUT2D eigenvalue weighted by Crippen LogP contribution is 2.33. The molecule has 3 aromatic rings. The molecule has 1 aromatic heterocycles. The van der Waals surface area contributed by atoms with Gasteiger partial charge in [-0.2, -0.15) is 0 Å². The van der Waals surface area contributed by atoms with Gasteiger partial charge < -0.3 is 14.6 Å². The number of rotatable bonds is 8. The van der Waals surface area contributed by atoms with Crippen molar-refractivity contribution >= 4 is 34.6 Å². The summed E-state index contributed by atoms with van der Waals surface area (Å²) in [6.07, 6.45) is 0.836. The first-order valence-electron chi connectivity index (χ1n) is 11.3. The number of urea groups is 1. The molecule has 0 bridgehead atoms. The lowest BCUT2D eigenvalue weighted by Gasteiger charge is -2.22. The fraction of sp³-hybridized carbons (Fsp3) is 0.308. The molecule has 0 unspecified atom stereocenters. The van der Waals surface area contributed by atoms with E-state index in [1.54, 1.807) is 13.8 Å². The van der Waals surface area contributed by atoms with Gasteiger partial charge in [-0.1, -0.05) is 62.4 Å². The van der Waals surface area contributed by atoms with E-state index in [0.29, 0.717) is 18.4 Å². The number of ether oxygens (including phenoxy) is 1. The lowest BCUT2D eigenvalue weighted by molar-refractivity contribution is -0.146. The second-order valence-electron chi connectivity index (χ2n) is 8.36. The lowest BCUT2D eigenvalue weighted by Crippen LogP contribution is -2.46. The molecular weight excluding hydrogens is 434 g/mol. The highest BCUT2D eigenvalue weighted by Gasteiger charge is 2.49. The first-order chi connectivity index (χ1) is 16.3. The highest BCUT2D eigenvalue weighted by atomic mass is 16.5. The van der Waals surface area contributed by atoms with Crippen LogP contribution in [0, 0.1) is 0 Å². The summed E-state index contributed by atoms with van der Waals surface area (Å²) in [5.74, 6) is -1.63. The second kappa shape index (κ2) is 9.13. The first-order valence-corrected chi connectivity index (χ1v) is 11.3. The van der Waals surface area contributed by atoms with Crippen molar-refractivity contribution in [3.63, 3.8) is 0 Å². The third-order valence-corrected chi connectivity index (χ3v) is 6.54. The zero-order valence-electron chi connectivity index (χ0n) is 19.5. The smallest absolute Gasteiger partial charge is 0.326 e. The Labute approximate surface area is 197 Å². The van der Waals surface area contributed by atoms with Crippen LogP contribution in [0.3, 0.4) is 0 Å². The maximum Gasteiger partial charge on any atom is 0.326 e. The summed E-state index contributed by atoms with van der Waals surface area (Å²) in [4.78, 5) is 51.6. The van der Waals surface area contributed by atoms with Crippen molar-refractivity contribution in [1.29, 1.82) is 0 Å². The first kappa shape index (κ1) is 23.2. The zero-order chi connectivity index (χ0) is 24.5. The van der Waals surface area contributed by atoms with E-state index in [2.05, 4.69) is 5.32 Å². The quantitative estimate of drug-likeness (QED) is 0.314. The number of Topliss-reactive ketones (excluding diaryl/α,β-unsaturated/α-hetero) is 1. The molecule has 3 amide bonds. The molecular formula is C26H27N3O5. The van der Waals surface area contributed by atoms with Crippen molar-refractivity contribution < 1.29 is 23.9 Å². The number of esters is 1. The number of amides is 3. The molecule has 0 atom stereocenters. The van der Waals surface area contributed by atoms with E-state index in [-0.39, 0.29) is 5.78 Å². The molecule has 176 valence electrons. The number of aromatic nitrogens is 1. The largest absolute Gasteiger partial charge is 0.456 e. The average Bonchev–Trinajstić information content (AvgIpc) is 3.29. The molecule has 0 aliphatic carbocycles. The lowest BCUT2D eigenvalue weighted by atomic mass is 9.93. The van der Waals surface area contributed by atoms with E-state index >= 15 is 0 Å². The molecule has 1 saturated heterocycles. The van der Waals surface area contributed by atoms with Crippen molar-refractivity contribution in [2.45, 2.75) is 32.2 Å². The number of carbonyl (C=O) groups is 4. The molecule has 1 fully saturated rings. The average molecular weight is 462 g/mol. The summed E-state index contributed by atoms with van der Waals surface area (Å²) in [6, 6.07) is 16.4. The topological polar surface area (TPSA) is 97.7 Å². The van der Waals surface area contributed by atoms with Gasteiger partial charge >= 0.3 is 12.0 Å². The van der Waals surface area contributed by atoms with Crippen LogP contribution in [0.1, 0.15) is 37.0 Å². The summed E-state index contributed by atoms with van der Waals surface area (Å²) >= 11 is 0. The molecule has 0 spiro atoms. The molecule has 8 nitrogen and oxygen atoms in total. The number of nitrogens with zero attached hydrogens (tertiary/aromatic N) is 2. The number of nitrogens with one attached hydrogen (secondary N) is 1. The molecule has 0 saturated carbocycles. The van der Waals surface area contributed by atoms with E-state index in [4.69, 9.17) is 4.74 Å². The summed E-state index contributed by atoms with van der Waals surface area (Å²) in [6.45, 7) is 2.57. The Morgan fingerprint density at radius 2 is 1.62 bits per heavy atom. The molecule has 4 rings (SSSR count). The summed E-state index contributed by atoms with van der Waals surface area (Å²) in [5, 5.41) is 3.43. The van der Waals surface area contributed by atoms with Crippen molar-refractivity contribution in [2.75, 3.05) is 13.2 Å². The monoisotopic (exact) mass is 461 g/mol. The van der Waals surface area contributed by atoms with E-state index < -0.39 is 36.6 Å². The van der Waals surface area contributed by atoms with Gasteiger partial charge in [0, 0.05) is 18.0 Å². The van der Waals surface area contributed by atoms with Crippen LogP contribution in [-0.4, -0.2) is 51.8 Å². The minimum atomic E-state index is -0.999. The van der Waals surface area contributed by atoms with Crippen LogP contribution in [-0.2, 0) is 21.4 Å². The van der Waals surface area contributed by atoms with Gasteiger partial charge in [0.25, 0.3) is 5.91 Å². The van der Waals surface area contributed by atoms with Crippen molar-refractivity contribution in [1.82, 2.24) is 14.8 Å².